The molecule has 0 radical (unpaired) electrons. The molecule has 0 bridgehead atoms. The zero-order chi connectivity index (χ0) is 13.0. The molecule has 0 aliphatic carbocycles. The van der Waals surface area contributed by atoms with E-state index in [2.05, 4.69) is 5.32 Å². The number of aliphatic hydroxyl groups excluding tert-OH is 1. The number of rotatable bonds is 5. The van der Waals surface area contributed by atoms with Crippen LogP contribution in [0.5, 0.6) is 5.75 Å². The van der Waals surface area contributed by atoms with Crippen molar-refractivity contribution < 1.29 is 19.4 Å². The second kappa shape index (κ2) is 5.73. The van der Waals surface area contributed by atoms with E-state index in [1.54, 1.807) is 12.1 Å². The smallest absolute Gasteiger partial charge is 0.407 e. The Morgan fingerprint density at radius 1 is 1.50 bits per heavy atom. The van der Waals surface area contributed by atoms with Crippen LogP contribution in [-0.2, 0) is 4.74 Å². The molecule has 5 heteroatoms. The van der Waals surface area contributed by atoms with E-state index in [9.17, 15) is 9.90 Å². The van der Waals surface area contributed by atoms with Crippen molar-refractivity contribution in [2.75, 3.05) is 13.2 Å². The van der Waals surface area contributed by atoms with Crippen LogP contribution in [0, 0.1) is 0 Å². The minimum atomic E-state index is -0.431. The lowest BCUT2D eigenvalue weighted by Gasteiger charge is -2.12. The summed E-state index contributed by atoms with van der Waals surface area (Å²) in [5.74, 6) is 0.699. The maximum atomic E-state index is 10.8. The van der Waals surface area contributed by atoms with Gasteiger partial charge in [-0.1, -0.05) is 19.1 Å². The summed E-state index contributed by atoms with van der Waals surface area (Å²) in [5, 5.41) is 12.2. The van der Waals surface area contributed by atoms with Crippen LogP contribution in [0.3, 0.4) is 0 Å². The van der Waals surface area contributed by atoms with Gasteiger partial charge in [0.1, 0.15) is 12.4 Å². The second-order valence-electron chi connectivity index (χ2n) is 4.21. The Hall–Kier alpha value is -1.75. The fourth-order valence-corrected chi connectivity index (χ4v) is 1.74. The van der Waals surface area contributed by atoms with Crippen molar-refractivity contribution in [2.24, 2.45) is 0 Å². The van der Waals surface area contributed by atoms with Crippen molar-refractivity contribution in [2.45, 2.75) is 25.6 Å². The van der Waals surface area contributed by atoms with Crippen molar-refractivity contribution in [1.29, 1.82) is 0 Å². The van der Waals surface area contributed by atoms with Gasteiger partial charge in [-0.25, -0.2) is 4.79 Å². The maximum absolute atomic E-state index is 10.8. The number of cyclic esters (lactones) is 1. The summed E-state index contributed by atoms with van der Waals surface area (Å²) >= 11 is 0. The standard InChI is InChI=1S/C13H17NO4/c1-2-12(15)9-3-5-10(6-4-9)17-8-11-7-14-13(16)18-11/h3-6,11-12,15H,2,7-8H2,1H3,(H,14,16)/t11?,12-/m1/s1. The van der Waals surface area contributed by atoms with E-state index >= 15 is 0 Å². The maximum Gasteiger partial charge on any atom is 0.407 e. The topological polar surface area (TPSA) is 67.8 Å². The molecule has 5 nitrogen and oxygen atoms in total. The van der Waals surface area contributed by atoms with Gasteiger partial charge in [0.15, 0.2) is 6.10 Å². The quantitative estimate of drug-likeness (QED) is 0.834. The normalized spacial score (nSPS) is 20.1. The van der Waals surface area contributed by atoms with Crippen molar-refractivity contribution in [3.63, 3.8) is 0 Å². The van der Waals surface area contributed by atoms with Gasteiger partial charge >= 0.3 is 6.09 Å². The van der Waals surface area contributed by atoms with Gasteiger partial charge in [0.2, 0.25) is 0 Å². The Bertz CT molecular complexity index is 404. The number of nitrogens with one attached hydrogen (secondary N) is 1. The highest BCUT2D eigenvalue weighted by molar-refractivity contribution is 5.69. The largest absolute Gasteiger partial charge is 0.490 e. The number of alkyl carbamates (subject to hydrolysis) is 1. The zero-order valence-electron chi connectivity index (χ0n) is 10.3. The molecule has 1 heterocycles. The van der Waals surface area contributed by atoms with Gasteiger partial charge in [-0.15, -0.1) is 0 Å². The Balaban J connectivity index is 1.84. The average Bonchev–Trinajstić information content (AvgIpc) is 2.82. The molecule has 18 heavy (non-hydrogen) atoms. The van der Waals surface area contributed by atoms with Crippen LogP contribution in [0.15, 0.2) is 24.3 Å². The van der Waals surface area contributed by atoms with Crippen LogP contribution < -0.4 is 10.1 Å². The number of aliphatic hydroxyl groups is 1. The van der Waals surface area contributed by atoms with E-state index in [0.29, 0.717) is 25.3 Å². The fourth-order valence-electron chi connectivity index (χ4n) is 1.74. The van der Waals surface area contributed by atoms with Crippen LogP contribution in [0.4, 0.5) is 4.79 Å². The van der Waals surface area contributed by atoms with Crippen LogP contribution in [0.2, 0.25) is 0 Å². The first-order valence-electron chi connectivity index (χ1n) is 6.04. The van der Waals surface area contributed by atoms with Crippen LogP contribution >= 0.6 is 0 Å². The average molecular weight is 251 g/mol. The third-order valence-electron chi connectivity index (χ3n) is 2.84. The van der Waals surface area contributed by atoms with E-state index in [1.165, 1.54) is 0 Å². The van der Waals surface area contributed by atoms with Crippen molar-refractivity contribution in [3.05, 3.63) is 29.8 Å². The summed E-state index contributed by atoms with van der Waals surface area (Å²) in [6.45, 7) is 2.73. The SMILES string of the molecule is CC[C@@H](O)c1ccc(OCC2CNC(=O)O2)cc1. The van der Waals surface area contributed by atoms with Gasteiger partial charge in [-0.05, 0) is 24.1 Å². The van der Waals surface area contributed by atoms with Crippen LogP contribution in [0.25, 0.3) is 0 Å². The highest BCUT2D eigenvalue weighted by Crippen LogP contribution is 2.20. The highest BCUT2D eigenvalue weighted by atomic mass is 16.6. The summed E-state index contributed by atoms with van der Waals surface area (Å²) in [6, 6.07) is 7.28. The molecular weight excluding hydrogens is 234 g/mol. The zero-order valence-corrected chi connectivity index (χ0v) is 10.3. The number of benzene rings is 1. The Morgan fingerprint density at radius 2 is 2.22 bits per heavy atom. The number of hydrogen-bond acceptors (Lipinski definition) is 4. The lowest BCUT2D eigenvalue weighted by atomic mass is 10.1. The lowest BCUT2D eigenvalue weighted by molar-refractivity contribution is 0.105. The predicted octanol–water partition coefficient (Wildman–Crippen LogP) is 1.62. The summed E-state index contributed by atoms with van der Waals surface area (Å²) in [6.07, 6.45) is -0.383. The molecule has 0 spiro atoms. The second-order valence-corrected chi connectivity index (χ2v) is 4.21. The molecule has 0 saturated carbocycles. The number of carbonyl (C=O) groups excluding carboxylic acids is 1. The van der Waals surface area contributed by atoms with Gasteiger partial charge in [0.05, 0.1) is 12.6 Å². The first-order valence-corrected chi connectivity index (χ1v) is 6.04. The van der Waals surface area contributed by atoms with Gasteiger partial charge < -0.3 is 19.9 Å². The highest BCUT2D eigenvalue weighted by Gasteiger charge is 2.22. The molecule has 2 atom stereocenters. The minimum absolute atomic E-state index is 0.238. The molecule has 1 aliphatic heterocycles. The van der Waals surface area contributed by atoms with Gasteiger partial charge in [0.25, 0.3) is 0 Å². The molecular formula is C13H17NO4. The number of hydrogen-bond donors (Lipinski definition) is 2. The molecule has 1 amide bonds. The first kappa shape index (κ1) is 12.7. The predicted molar refractivity (Wildman–Crippen MR) is 65.5 cm³/mol. The van der Waals surface area contributed by atoms with Gasteiger partial charge in [-0.3, -0.25) is 0 Å². The van der Waals surface area contributed by atoms with Crippen LogP contribution in [-0.4, -0.2) is 30.5 Å². The Kier molecular flexibility index (Phi) is 4.04. The molecule has 1 saturated heterocycles. The van der Waals surface area contributed by atoms with E-state index < -0.39 is 12.2 Å². The first-order chi connectivity index (χ1) is 8.69. The number of amides is 1. The molecule has 2 rings (SSSR count). The number of ether oxygens (including phenoxy) is 2. The van der Waals surface area contributed by atoms with Crippen LogP contribution in [0.1, 0.15) is 25.0 Å². The Morgan fingerprint density at radius 3 is 2.78 bits per heavy atom. The summed E-state index contributed by atoms with van der Waals surface area (Å²) in [4.78, 5) is 10.8. The number of carbonyl (C=O) groups is 1. The monoisotopic (exact) mass is 251 g/mol. The van der Waals surface area contributed by atoms with E-state index in [0.717, 1.165) is 5.56 Å². The molecule has 1 aliphatic rings. The molecule has 1 aromatic carbocycles. The summed E-state index contributed by atoms with van der Waals surface area (Å²) in [7, 11) is 0. The molecule has 2 N–H and O–H groups in total. The molecule has 0 aromatic heterocycles. The van der Waals surface area contributed by atoms with E-state index in [4.69, 9.17) is 9.47 Å². The minimum Gasteiger partial charge on any atom is -0.490 e. The molecule has 1 unspecified atom stereocenters. The molecule has 1 fully saturated rings. The van der Waals surface area contributed by atoms with E-state index in [1.807, 2.05) is 19.1 Å². The Labute approximate surface area is 106 Å². The summed E-state index contributed by atoms with van der Waals surface area (Å²) < 4.78 is 10.5. The third-order valence-corrected chi connectivity index (χ3v) is 2.84. The van der Waals surface area contributed by atoms with Crippen molar-refractivity contribution >= 4 is 6.09 Å². The van der Waals surface area contributed by atoms with Crippen molar-refractivity contribution in [3.8, 4) is 5.75 Å². The molecule has 1 aromatic rings. The van der Waals surface area contributed by atoms with E-state index in [-0.39, 0.29) is 6.10 Å². The fraction of sp³-hybridized carbons (Fsp3) is 0.462. The van der Waals surface area contributed by atoms with Gasteiger partial charge in [-0.2, -0.15) is 0 Å². The van der Waals surface area contributed by atoms with Crippen molar-refractivity contribution in [1.82, 2.24) is 5.32 Å². The molecule has 98 valence electrons. The van der Waals surface area contributed by atoms with Gasteiger partial charge in [0, 0.05) is 0 Å². The summed E-state index contributed by atoms with van der Waals surface area (Å²) in [5.41, 5.74) is 0.874. The third kappa shape index (κ3) is 3.13. The lowest BCUT2D eigenvalue weighted by Crippen LogP contribution is -2.21.